The van der Waals surface area contributed by atoms with Gasteiger partial charge in [-0.3, -0.25) is 0 Å². The molecule has 2 aromatic rings. The van der Waals surface area contributed by atoms with E-state index in [1.54, 1.807) is 0 Å². The van der Waals surface area contributed by atoms with Crippen molar-refractivity contribution in [3.8, 4) is 0 Å². The van der Waals surface area contributed by atoms with E-state index in [4.69, 9.17) is 21.9 Å². The maximum Gasteiger partial charge on any atom is 0.229 e. The molecule has 5 heteroatoms. The van der Waals surface area contributed by atoms with Gasteiger partial charge in [-0.25, -0.2) is 0 Å². The highest BCUT2D eigenvalue weighted by Crippen LogP contribution is 2.31. The number of aromatic nitrogens is 2. The summed E-state index contributed by atoms with van der Waals surface area (Å²) in [6.45, 7) is 0. The number of halogens is 1. The molecule has 2 N–H and O–H groups in total. The van der Waals surface area contributed by atoms with E-state index in [1.165, 1.54) is 0 Å². The molecule has 1 saturated carbocycles. The van der Waals surface area contributed by atoms with Crippen LogP contribution < -0.4 is 5.73 Å². The molecule has 1 aliphatic carbocycles. The number of benzene rings is 1. The monoisotopic (exact) mass is 291 g/mol. The molecule has 106 valence electrons. The summed E-state index contributed by atoms with van der Waals surface area (Å²) in [4.78, 5) is 4.52. The van der Waals surface area contributed by atoms with Gasteiger partial charge in [0.1, 0.15) is 0 Å². The van der Waals surface area contributed by atoms with Crippen molar-refractivity contribution < 1.29 is 4.52 Å². The molecular formula is C15H18ClN3O. The van der Waals surface area contributed by atoms with E-state index in [9.17, 15) is 0 Å². The second kappa shape index (κ2) is 5.94. The minimum Gasteiger partial charge on any atom is -0.339 e. The summed E-state index contributed by atoms with van der Waals surface area (Å²) in [5.41, 5.74) is 7.09. The molecule has 1 aromatic carbocycles. The average molecular weight is 292 g/mol. The topological polar surface area (TPSA) is 64.9 Å². The predicted molar refractivity (Wildman–Crippen MR) is 77.7 cm³/mol. The van der Waals surface area contributed by atoms with Crippen LogP contribution in [0.4, 0.5) is 0 Å². The van der Waals surface area contributed by atoms with Gasteiger partial charge in [-0.05, 0) is 37.0 Å². The molecule has 0 spiro atoms. The lowest BCUT2D eigenvalue weighted by Crippen LogP contribution is -2.26. The molecule has 0 saturated heterocycles. The van der Waals surface area contributed by atoms with Crippen molar-refractivity contribution in [1.29, 1.82) is 0 Å². The molecule has 2 unspecified atom stereocenters. The van der Waals surface area contributed by atoms with E-state index in [0.717, 1.165) is 42.2 Å². The number of hydrogen-bond donors (Lipinski definition) is 1. The average Bonchev–Trinajstić information content (AvgIpc) is 2.87. The zero-order valence-electron chi connectivity index (χ0n) is 11.3. The van der Waals surface area contributed by atoms with Gasteiger partial charge in [-0.2, -0.15) is 4.98 Å². The van der Waals surface area contributed by atoms with Crippen LogP contribution in [0.3, 0.4) is 0 Å². The van der Waals surface area contributed by atoms with Crippen molar-refractivity contribution in [3.63, 3.8) is 0 Å². The number of nitrogens with two attached hydrogens (primary N) is 1. The third kappa shape index (κ3) is 3.19. The van der Waals surface area contributed by atoms with Gasteiger partial charge in [0.25, 0.3) is 0 Å². The van der Waals surface area contributed by atoms with E-state index >= 15 is 0 Å². The van der Waals surface area contributed by atoms with Gasteiger partial charge < -0.3 is 10.3 Å². The first kappa shape index (κ1) is 13.6. The highest BCUT2D eigenvalue weighted by Gasteiger charge is 2.25. The summed E-state index contributed by atoms with van der Waals surface area (Å²) in [5, 5.41) is 4.80. The number of rotatable bonds is 3. The molecule has 1 heterocycles. The van der Waals surface area contributed by atoms with Gasteiger partial charge >= 0.3 is 0 Å². The Hall–Kier alpha value is -1.39. The quantitative estimate of drug-likeness (QED) is 0.942. The van der Waals surface area contributed by atoms with Crippen LogP contribution in [0.1, 0.15) is 48.9 Å². The lowest BCUT2D eigenvalue weighted by Gasteiger charge is -2.23. The van der Waals surface area contributed by atoms with Gasteiger partial charge in [0, 0.05) is 23.4 Å². The van der Waals surface area contributed by atoms with Crippen LogP contribution in [-0.4, -0.2) is 16.2 Å². The predicted octanol–water partition coefficient (Wildman–Crippen LogP) is 3.30. The first-order valence-electron chi connectivity index (χ1n) is 7.03. The molecule has 0 radical (unpaired) electrons. The van der Waals surface area contributed by atoms with Gasteiger partial charge in [0.15, 0.2) is 5.82 Å². The zero-order valence-corrected chi connectivity index (χ0v) is 12.0. The summed E-state index contributed by atoms with van der Waals surface area (Å²) < 4.78 is 5.41. The minimum atomic E-state index is 0.261. The standard InChI is InChI=1S/C15H18ClN3O/c16-12-5-1-3-10(7-12)8-14-18-15(20-19-14)11-4-2-6-13(17)9-11/h1,3,5,7,11,13H,2,4,6,8-9,17H2. The van der Waals surface area contributed by atoms with Crippen molar-refractivity contribution in [2.24, 2.45) is 5.73 Å². The van der Waals surface area contributed by atoms with Crippen LogP contribution in [0, 0.1) is 0 Å². The van der Waals surface area contributed by atoms with Gasteiger partial charge in [-0.15, -0.1) is 0 Å². The lowest BCUT2D eigenvalue weighted by molar-refractivity contribution is 0.297. The summed E-state index contributed by atoms with van der Waals surface area (Å²) in [6.07, 6.45) is 4.91. The fourth-order valence-corrected chi connectivity index (χ4v) is 3.00. The van der Waals surface area contributed by atoms with Crippen molar-refractivity contribution in [2.75, 3.05) is 0 Å². The Bertz CT molecular complexity index is 584. The maximum absolute atomic E-state index is 6.00. The van der Waals surface area contributed by atoms with Crippen LogP contribution in [0.15, 0.2) is 28.8 Å². The van der Waals surface area contributed by atoms with Gasteiger partial charge in [0.2, 0.25) is 5.89 Å². The minimum absolute atomic E-state index is 0.261. The Kier molecular flexibility index (Phi) is 4.03. The molecule has 3 rings (SSSR count). The van der Waals surface area contributed by atoms with Crippen molar-refractivity contribution >= 4 is 11.6 Å². The summed E-state index contributed by atoms with van der Waals surface area (Å²) in [6, 6.07) is 7.98. The van der Waals surface area contributed by atoms with Crippen LogP contribution >= 0.6 is 11.6 Å². The SMILES string of the molecule is NC1CCCC(c2nc(Cc3cccc(Cl)c3)no2)C1. The third-order valence-electron chi connectivity index (χ3n) is 3.80. The van der Waals surface area contributed by atoms with E-state index in [0.29, 0.717) is 18.2 Å². The maximum atomic E-state index is 6.00. The Morgan fingerprint density at radius 1 is 1.35 bits per heavy atom. The third-order valence-corrected chi connectivity index (χ3v) is 4.03. The van der Waals surface area contributed by atoms with Crippen molar-refractivity contribution in [3.05, 3.63) is 46.6 Å². The highest BCUT2D eigenvalue weighted by molar-refractivity contribution is 6.30. The molecule has 1 aliphatic rings. The number of hydrogen-bond acceptors (Lipinski definition) is 4. The first-order chi connectivity index (χ1) is 9.70. The molecule has 0 aliphatic heterocycles. The highest BCUT2D eigenvalue weighted by atomic mass is 35.5. The van der Waals surface area contributed by atoms with E-state index in [2.05, 4.69) is 10.1 Å². The van der Waals surface area contributed by atoms with E-state index in [-0.39, 0.29) is 6.04 Å². The molecular weight excluding hydrogens is 274 g/mol. The van der Waals surface area contributed by atoms with Crippen molar-refractivity contribution in [1.82, 2.24) is 10.1 Å². The fourth-order valence-electron chi connectivity index (χ4n) is 2.79. The van der Waals surface area contributed by atoms with Crippen LogP contribution in [0.5, 0.6) is 0 Å². The van der Waals surface area contributed by atoms with Gasteiger partial charge in [0.05, 0.1) is 0 Å². The normalized spacial score (nSPS) is 22.9. The molecule has 1 aromatic heterocycles. The summed E-state index contributed by atoms with van der Waals surface area (Å²) >= 11 is 5.98. The summed E-state index contributed by atoms with van der Waals surface area (Å²) in [5.74, 6) is 1.76. The Labute approximate surface area is 123 Å². The van der Waals surface area contributed by atoms with Gasteiger partial charge in [-0.1, -0.05) is 35.3 Å². The molecule has 1 fully saturated rings. The molecule has 20 heavy (non-hydrogen) atoms. The van der Waals surface area contributed by atoms with E-state index < -0.39 is 0 Å². The second-order valence-corrected chi connectivity index (χ2v) is 5.92. The summed E-state index contributed by atoms with van der Waals surface area (Å²) in [7, 11) is 0. The molecule has 4 nitrogen and oxygen atoms in total. The zero-order chi connectivity index (χ0) is 13.9. The van der Waals surface area contributed by atoms with Crippen LogP contribution in [0.2, 0.25) is 5.02 Å². The van der Waals surface area contributed by atoms with Crippen molar-refractivity contribution in [2.45, 2.75) is 44.1 Å². The molecule has 2 atom stereocenters. The lowest BCUT2D eigenvalue weighted by atomic mass is 9.86. The first-order valence-corrected chi connectivity index (χ1v) is 7.41. The Morgan fingerprint density at radius 2 is 2.25 bits per heavy atom. The Morgan fingerprint density at radius 3 is 3.05 bits per heavy atom. The Balaban J connectivity index is 1.70. The molecule has 0 bridgehead atoms. The molecule has 0 amide bonds. The van der Waals surface area contributed by atoms with E-state index in [1.807, 2.05) is 24.3 Å². The van der Waals surface area contributed by atoms with Crippen LogP contribution in [0.25, 0.3) is 0 Å². The smallest absolute Gasteiger partial charge is 0.229 e. The second-order valence-electron chi connectivity index (χ2n) is 5.48. The fraction of sp³-hybridized carbons (Fsp3) is 0.467. The largest absolute Gasteiger partial charge is 0.339 e. The number of nitrogens with zero attached hydrogens (tertiary/aromatic N) is 2. The van der Waals surface area contributed by atoms with Crippen LogP contribution in [-0.2, 0) is 6.42 Å².